The van der Waals surface area contributed by atoms with Gasteiger partial charge in [-0.05, 0) is 24.3 Å². The molecule has 0 unspecified atom stereocenters. The zero-order valence-corrected chi connectivity index (χ0v) is 20.6. The number of hydrogen-bond donors (Lipinski definition) is 3. The standard InChI is InChI=1S/C23H21F6N5O4S/c24-22(25,26)21(36,23(27,28)29)14-11-17(16-3-1-2-4-18(16)35)20(32-12-14)33-7-9-34(10-8-33)39(37,38)15-5-6-19(30)31-13-15/h1-6,11-13,35-36H,7-10H2,(H2,30,31). The van der Waals surface area contributed by atoms with Gasteiger partial charge in [-0.15, -0.1) is 0 Å². The average Bonchev–Trinajstić information content (AvgIpc) is 2.87. The number of pyridine rings is 2. The molecule has 0 bridgehead atoms. The summed E-state index contributed by atoms with van der Waals surface area (Å²) in [5.74, 6) is -0.455. The fourth-order valence-corrected chi connectivity index (χ4v) is 5.50. The Morgan fingerprint density at radius 1 is 0.846 bits per heavy atom. The molecule has 1 aliphatic rings. The van der Waals surface area contributed by atoms with Gasteiger partial charge in [0.25, 0.3) is 5.60 Å². The average molecular weight is 578 g/mol. The van der Waals surface area contributed by atoms with Crippen molar-refractivity contribution in [2.45, 2.75) is 22.8 Å². The number of nitrogen functional groups attached to an aromatic ring is 1. The van der Waals surface area contributed by atoms with Gasteiger partial charge in [0.15, 0.2) is 0 Å². The molecule has 210 valence electrons. The number of anilines is 2. The largest absolute Gasteiger partial charge is 0.507 e. The maximum Gasteiger partial charge on any atom is 0.430 e. The van der Waals surface area contributed by atoms with Gasteiger partial charge in [-0.2, -0.15) is 30.6 Å². The van der Waals surface area contributed by atoms with Crippen LogP contribution in [-0.4, -0.2) is 71.4 Å². The summed E-state index contributed by atoms with van der Waals surface area (Å²) in [6.45, 7) is -0.300. The Kier molecular flexibility index (Phi) is 7.16. The molecular formula is C23H21F6N5O4S. The highest BCUT2D eigenvalue weighted by Gasteiger charge is 2.71. The molecule has 0 atom stereocenters. The van der Waals surface area contributed by atoms with Crippen LogP contribution in [0.2, 0.25) is 0 Å². The summed E-state index contributed by atoms with van der Waals surface area (Å²) >= 11 is 0. The van der Waals surface area contributed by atoms with Crippen molar-refractivity contribution in [1.29, 1.82) is 0 Å². The lowest BCUT2D eigenvalue weighted by Gasteiger charge is -2.36. The molecule has 39 heavy (non-hydrogen) atoms. The molecule has 0 spiro atoms. The van der Waals surface area contributed by atoms with Crippen LogP contribution in [0.25, 0.3) is 11.1 Å². The zero-order valence-electron chi connectivity index (χ0n) is 19.8. The molecule has 4 rings (SSSR count). The number of halogens is 6. The topological polar surface area (TPSA) is 133 Å². The highest BCUT2D eigenvalue weighted by Crippen LogP contribution is 2.51. The predicted molar refractivity (Wildman–Crippen MR) is 127 cm³/mol. The predicted octanol–water partition coefficient (Wildman–Crippen LogP) is 3.25. The number of alkyl halides is 6. The van der Waals surface area contributed by atoms with E-state index in [1.54, 1.807) is 0 Å². The van der Waals surface area contributed by atoms with Crippen molar-refractivity contribution in [3.05, 3.63) is 60.4 Å². The second-order valence-electron chi connectivity index (χ2n) is 8.63. The number of sulfonamides is 1. The Morgan fingerprint density at radius 2 is 1.46 bits per heavy atom. The van der Waals surface area contributed by atoms with Gasteiger partial charge >= 0.3 is 12.4 Å². The van der Waals surface area contributed by atoms with Crippen LogP contribution in [-0.2, 0) is 15.6 Å². The Morgan fingerprint density at radius 3 is 2.00 bits per heavy atom. The third-order valence-electron chi connectivity index (χ3n) is 6.23. The van der Waals surface area contributed by atoms with Gasteiger partial charge in [0.2, 0.25) is 10.0 Å². The minimum Gasteiger partial charge on any atom is -0.507 e. The highest BCUT2D eigenvalue weighted by molar-refractivity contribution is 7.89. The Hall–Kier alpha value is -3.63. The lowest BCUT2D eigenvalue weighted by atomic mass is 9.91. The van der Waals surface area contributed by atoms with E-state index in [9.17, 15) is 45.0 Å². The number of piperazine rings is 1. The van der Waals surface area contributed by atoms with Crippen LogP contribution in [0.1, 0.15) is 5.56 Å². The highest BCUT2D eigenvalue weighted by atomic mass is 32.2. The van der Waals surface area contributed by atoms with E-state index in [-0.39, 0.29) is 60.0 Å². The maximum absolute atomic E-state index is 13.5. The monoisotopic (exact) mass is 577 g/mol. The summed E-state index contributed by atoms with van der Waals surface area (Å²) in [6.07, 6.45) is -10.9. The van der Waals surface area contributed by atoms with E-state index in [4.69, 9.17) is 5.73 Å². The van der Waals surface area contributed by atoms with E-state index in [1.165, 1.54) is 41.3 Å². The normalized spacial score (nSPS) is 15.9. The van der Waals surface area contributed by atoms with Crippen LogP contribution < -0.4 is 10.6 Å². The van der Waals surface area contributed by atoms with Gasteiger partial charge in [-0.25, -0.2) is 18.4 Å². The number of hydrogen-bond acceptors (Lipinski definition) is 8. The Bertz CT molecular complexity index is 1440. The number of aromatic hydroxyl groups is 1. The van der Waals surface area contributed by atoms with E-state index in [0.717, 1.165) is 10.5 Å². The molecular weight excluding hydrogens is 556 g/mol. The van der Waals surface area contributed by atoms with E-state index in [0.29, 0.717) is 6.07 Å². The number of para-hydroxylation sites is 1. The number of benzene rings is 1. The second-order valence-corrected chi connectivity index (χ2v) is 10.6. The van der Waals surface area contributed by atoms with E-state index >= 15 is 0 Å². The smallest absolute Gasteiger partial charge is 0.430 e. The minimum atomic E-state index is -6.14. The van der Waals surface area contributed by atoms with Gasteiger partial charge in [-0.1, -0.05) is 18.2 Å². The fraction of sp³-hybridized carbons (Fsp3) is 0.304. The Labute approximate surface area is 218 Å². The molecule has 1 aromatic carbocycles. The van der Waals surface area contributed by atoms with Crippen LogP contribution in [0.3, 0.4) is 0 Å². The minimum absolute atomic E-state index is 0.0443. The van der Waals surface area contributed by atoms with Crippen molar-refractivity contribution in [3.63, 3.8) is 0 Å². The summed E-state index contributed by atoms with van der Waals surface area (Å²) in [7, 11) is -3.97. The van der Waals surface area contributed by atoms with Crippen molar-refractivity contribution >= 4 is 21.7 Å². The lowest BCUT2D eigenvalue weighted by molar-refractivity contribution is -0.376. The first-order valence-corrected chi connectivity index (χ1v) is 12.6. The molecule has 0 saturated carbocycles. The van der Waals surface area contributed by atoms with Crippen molar-refractivity contribution in [2.75, 3.05) is 36.8 Å². The molecule has 4 N–H and O–H groups in total. The number of nitrogens with two attached hydrogens (primary N) is 1. The molecule has 2 aromatic heterocycles. The molecule has 3 heterocycles. The molecule has 0 aliphatic carbocycles. The lowest BCUT2D eigenvalue weighted by Crippen LogP contribution is -2.54. The van der Waals surface area contributed by atoms with Crippen molar-refractivity contribution in [3.8, 4) is 16.9 Å². The number of phenolic OH excluding ortho intramolecular Hbond substituents is 1. The second kappa shape index (κ2) is 9.84. The first-order chi connectivity index (χ1) is 18.1. The third-order valence-corrected chi connectivity index (χ3v) is 8.12. The third kappa shape index (κ3) is 5.06. The molecule has 1 aliphatic heterocycles. The van der Waals surface area contributed by atoms with Gasteiger partial charge in [-0.3, -0.25) is 0 Å². The summed E-state index contributed by atoms with van der Waals surface area (Å²) in [5.41, 5.74) is -1.79. The number of rotatable bonds is 5. The van der Waals surface area contributed by atoms with Crippen LogP contribution in [0, 0.1) is 0 Å². The number of nitrogens with zero attached hydrogens (tertiary/aromatic N) is 4. The molecule has 1 saturated heterocycles. The van der Waals surface area contributed by atoms with Gasteiger partial charge in [0.1, 0.15) is 22.3 Å². The van der Waals surface area contributed by atoms with Crippen LogP contribution in [0.4, 0.5) is 38.0 Å². The SMILES string of the molecule is Nc1ccc(S(=O)(=O)N2CCN(c3ncc(C(O)(C(F)(F)F)C(F)(F)F)cc3-c3ccccc3O)CC2)cn1. The summed E-state index contributed by atoms with van der Waals surface area (Å²) in [6, 6.07) is 8.30. The van der Waals surface area contributed by atoms with Crippen molar-refractivity contribution in [2.24, 2.45) is 0 Å². The molecule has 1 fully saturated rings. The molecule has 0 amide bonds. The van der Waals surface area contributed by atoms with Gasteiger partial charge < -0.3 is 20.8 Å². The summed E-state index contributed by atoms with van der Waals surface area (Å²) in [5, 5.41) is 20.2. The fourth-order valence-electron chi connectivity index (χ4n) is 4.13. The van der Waals surface area contributed by atoms with E-state index in [1.807, 2.05) is 0 Å². The van der Waals surface area contributed by atoms with Gasteiger partial charge in [0, 0.05) is 55.3 Å². The van der Waals surface area contributed by atoms with Crippen LogP contribution in [0.5, 0.6) is 5.75 Å². The van der Waals surface area contributed by atoms with Crippen molar-refractivity contribution < 1.29 is 45.0 Å². The molecule has 3 aromatic rings. The number of phenols is 1. The zero-order chi connectivity index (χ0) is 28.8. The summed E-state index contributed by atoms with van der Waals surface area (Å²) < 4.78 is 108. The number of aliphatic hydroxyl groups is 1. The Balaban J connectivity index is 1.73. The first-order valence-electron chi connectivity index (χ1n) is 11.2. The molecule has 9 nitrogen and oxygen atoms in total. The number of aromatic nitrogens is 2. The van der Waals surface area contributed by atoms with Crippen molar-refractivity contribution in [1.82, 2.24) is 14.3 Å². The maximum atomic E-state index is 13.5. The quantitative estimate of drug-likeness (QED) is 0.394. The summed E-state index contributed by atoms with van der Waals surface area (Å²) in [4.78, 5) is 8.94. The molecule has 0 radical (unpaired) electrons. The van der Waals surface area contributed by atoms with Crippen LogP contribution in [0.15, 0.2) is 59.8 Å². The van der Waals surface area contributed by atoms with Gasteiger partial charge in [0.05, 0.1) is 0 Å². The van der Waals surface area contributed by atoms with Crippen LogP contribution >= 0.6 is 0 Å². The van der Waals surface area contributed by atoms with E-state index < -0.39 is 39.3 Å². The first kappa shape index (κ1) is 28.4. The van der Waals surface area contributed by atoms with E-state index in [2.05, 4.69) is 9.97 Å². The molecule has 16 heteroatoms.